The van der Waals surface area contributed by atoms with Gasteiger partial charge in [0.2, 0.25) is 5.78 Å². The first-order chi connectivity index (χ1) is 8.83. The van der Waals surface area contributed by atoms with Crippen LogP contribution in [0.3, 0.4) is 0 Å². The molecule has 1 atom stereocenters. The van der Waals surface area contributed by atoms with Crippen molar-refractivity contribution in [2.75, 3.05) is 0 Å². The van der Waals surface area contributed by atoms with Crippen LogP contribution in [0.15, 0.2) is 65.0 Å². The van der Waals surface area contributed by atoms with Crippen LogP contribution in [0.1, 0.15) is 0 Å². The van der Waals surface area contributed by atoms with E-state index in [0.29, 0.717) is 5.69 Å². The van der Waals surface area contributed by atoms with E-state index < -0.39 is 6.23 Å². The van der Waals surface area contributed by atoms with Crippen LogP contribution in [0, 0.1) is 0 Å². The lowest BCUT2D eigenvalue weighted by atomic mass is 10.1. The Kier molecular flexibility index (Phi) is 2.61. The summed E-state index contributed by atoms with van der Waals surface area (Å²) in [6, 6.07) is 13.7. The van der Waals surface area contributed by atoms with Gasteiger partial charge in [0.15, 0.2) is 0 Å². The van der Waals surface area contributed by atoms with Crippen molar-refractivity contribution in [3.8, 4) is 0 Å². The molecular weight excluding hydrogens is 228 g/mol. The van der Waals surface area contributed by atoms with Crippen LogP contribution in [-0.4, -0.2) is 12.0 Å². The number of benzene rings is 2. The lowest BCUT2D eigenvalue weighted by Gasteiger charge is -2.01. The zero-order chi connectivity index (χ0) is 12.4. The molecule has 0 spiro atoms. The minimum Gasteiger partial charge on any atom is -0.467 e. The van der Waals surface area contributed by atoms with E-state index in [1.54, 1.807) is 0 Å². The number of azo groups is 1. The van der Waals surface area contributed by atoms with Gasteiger partial charge in [-0.05, 0) is 22.9 Å². The van der Waals surface area contributed by atoms with Gasteiger partial charge >= 0.3 is 0 Å². The smallest absolute Gasteiger partial charge is 0.270 e. The molecule has 0 radical (unpaired) electrons. The molecule has 1 aliphatic rings. The van der Waals surface area contributed by atoms with Gasteiger partial charge in [-0.15, -0.1) is 5.11 Å². The molecule has 4 nitrogen and oxygen atoms in total. The Morgan fingerprint density at radius 1 is 1.06 bits per heavy atom. The molecule has 0 aliphatic carbocycles. The monoisotopic (exact) mass is 238 g/mol. The molecule has 0 amide bonds. The zero-order valence-electron chi connectivity index (χ0n) is 9.48. The summed E-state index contributed by atoms with van der Waals surface area (Å²) in [6.07, 6.45) is 1.87. The quantitative estimate of drug-likeness (QED) is 0.753. The lowest BCUT2D eigenvalue weighted by molar-refractivity contribution is -0.120. The van der Waals surface area contributed by atoms with Crippen LogP contribution < -0.4 is 0 Å². The fourth-order valence-electron chi connectivity index (χ4n) is 1.77. The molecule has 0 fully saturated rings. The van der Waals surface area contributed by atoms with E-state index >= 15 is 0 Å². The minimum absolute atomic E-state index is 0.181. The molecule has 1 heterocycles. The molecule has 0 aromatic heterocycles. The number of hydrogen-bond acceptors (Lipinski definition) is 4. The molecular formula is C14H10N2O2. The molecule has 2 aromatic carbocycles. The zero-order valence-corrected chi connectivity index (χ0v) is 9.48. The maximum absolute atomic E-state index is 11.2. The van der Waals surface area contributed by atoms with Crippen molar-refractivity contribution < 1.29 is 9.53 Å². The van der Waals surface area contributed by atoms with Gasteiger partial charge in [-0.1, -0.05) is 30.3 Å². The van der Waals surface area contributed by atoms with Crippen LogP contribution in [0.5, 0.6) is 0 Å². The highest BCUT2D eigenvalue weighted by molar-refractivity contribution is 5.94. The first-order valence-corrected chi connectivity index (χ1v) is 5.58. The van der Waals surface area contributed by atoms with E-state index in [1.165, 1.54) is 12.3 Å². The Hall–Kier alpha value is -2.49. The van der Waals surface area contributed by atoms with Crippen LogP contribution in [0.4, 0.5) is 5.69 Å². The molecule has 1 aliphatic heterocycles. The Balaban J connectivity index is 1.86. The predicted molar refractivity (Wildman–Crippen MR) is 67.5 cm³/mol. The van der Waals surface area contributed by atoms with Crippen molar-refractivity contribution in [2.24, 2.45) is 10.2 Å². The molecule has 0 N–H and O–H groups in total. The molecule has 3 rings (SSSR count). The average Bonchev–Trinajstić information content (AvgIpc) is 2.82. The van der Waals surface area contributed by atoms with Crippen LogP contribution >= 0.6 is 0 Å². The molecule has 0 saturated carbocycles. The summed E-state index contributed by atoms with van der Waals surface area (Å²) >= 11 is 0. The van der Waals surface area contributed by atoms with Crippen molar-refractivity contribution >= 4 is 22.2 Å². The topological polar surface area (TPSA) is 51.0 Å². The van der Waals surface area contributed by atoms with Gasteiger partial charge in [0.1, 0.15) is 0 Å². The van der Waals surface area contributed by atoms with Crippen LogP contribution in [-0.2, 0) is 9.53 Å². The summed E-state index contributed by atoms with van der Waals surface area (Å²) < 4.78 is 4.98. The van der Waals surface area contributed by atoms with Gasteiger partial charge in [-0.3, -0.25) is 4.79 Å². The third-order valence-corrected chi connectivity index (χ3v) is 2.69. The number of rotatable bonds is 2. The van der Waals surface area contributed by atoms with Gasteiger partial charge in [0.05, 0.1) is 11.9 Å². The van der Waals surface area contributed by atoms with Gasteiger partial charge in [-0.2, -0.15) is 5.11 Å². The van der Waals surface area contributed by atoms with Gasteiger partial charge in [-0.25, -0.2) is 0 Å². The Bertz CT molecular complexity index is 662. The maximum Gasteiger partial charge on any atom is 0.270 e. The van der Waals surface area contributed by atoms with E-state index in [2.05, 4.69) is 10.2 Å². The summed E-state index contributed by atoms with van der Waals surface area (Å²) in [7, 11) is 0. The van der Waals surface area contributed by atoms with E-state index in [1.807, 2.05) is 42.5 Å². The average molecular weight is 238 g/mol. The number of carbonyl (C=O) groups is 1. The van der Waals surface area contributed by atoms with Gasteiger partial charge in [0, 0.05) is 6.08 Å². The Morgan fingerprint density at radius 3 is 2.67 bits per heavy atom. The molecule has 2 aromatic rings. The summed E-state index contributed by atoms with van der Waals surface area (Å²) in [5, 5.41) is 10.1. The SMILES string of the molecule is O=C1C=COC1N=Nc1ccc2ccccc2c1. The summed E-state index contributed by atoms with van der Waals surface area (Å²) in [5.74, 6) is -0.181. The number of carbonyl (C=O) groups excluding carboxylic acids is 1. The van der Waals surface area contributed by atoms with E-state index in [9.17, 15) is 4.79 Å². The normalized spacial score (nSPS) is 18.7. The van der Waals surface area contributed by atoms with Gasteiger partial charge in [0.25, 0.3) is 6.23 Å². The van der Waals surface area contributed by atoms with E-state index in [-0.39, 0.29) is 5.78 Å². The second-order valence-electron chi connectivity index (χ2n) is 3.94. The Labute approximate surface area is 104 Å². The largest absolute Gasteiger partial charge is 0.467 e. The standard InChI is InChI=1S/C14H10N2O2/c17-13-7-8-18-14(13)16-15-12-6-5-10-3-1-2-4-11(10)9-12/h1-9,14H. The second-order valence-corrected chi connectivity index (χ2v) is 3.94. The third-order valence-electron chi connectivity index (χ3n) is 2.69. The number of nitrogens with zero attached hydrogens (tertiary/aromatic N) is 2. The van der Waals surface area contributed by atoms with Crippen molar-refractivity contribution in [1.82, 2.24) is 0 Å². The summed E-state index contributed by atoms with van der Waals surface area (Å²) in [4.78, 5) is 11.2. The Morgan fingerprint density at radius 2 is 1.89 bits per heavy atom. The molecule has 4 heteroatoms. The summed E-state index contributed by atoms with van der Waals surface area (Å²) in [5.41, 5.74) is 0.706. The number of fused-ring (bicyclic) bond motifs is 1. The van der Waals surface area contributed by atoms with Crippen molar-refractivity contribution in [2.45, 2.75) is 6.23 Å². The third kappa shape index (κ3) is 2.00. The fourth-order valence-corrected chi connectivity index (χ4v) is 1.77. The van der Waals surface area contributed by atoms with Crippen molar-refractivity contribution in [3.05, 3.63) is 54.8 Å². The molecule has 1 unspecified atom stereocenters. The van der Waals surface area contributed by atoms with E-state index in [0.717, 1.165) is 10.8 Å². The number of hydrogen-bond donors (Lipinski definition) is 0. The highest BCUT2D eigenvalue weighted by Gasteiger charge is 2.19. The predicted octanol–water partition coefficient (Wildman–Crippen LogP) is 3.36. The number of ketones is 1. The maximum atomic E-state index is 11.2. The van der Waals surface area contributed by atoms with Crippen molar-refractivity contribution in [1.29, 1.82) is 0 Å². The summed E-state index contributed by atoms with van der Waals surface area (Å²) in [6.45, 7) is 0. The molecule has 18 heavy (non-hydrogen) atoms. The number of ether oxygens (including phenoxy) is 1. The molecule has 0 bridgehead atoms. The highest BCUT2D eigenvalue weighted by Crippen LogP contribution is 2.22. The van der Waals surface area contributed by atoms with Crippen LogP contribution in [0.25, 0.3) is 10.8 Å². The van der Waals surface area contributed by atoms with Crippen LogP contribution in [0.2, 0.25) is 0 Å². The first-order valence-electron chi connectivity index (χ1n) is 5.58. The van der Waals surface area contributed by atoms with Crippen molar-refractivity contribution in [3.63, 3.8) is 0 Å². The highest BCUT2D eigenvalue weighted by atomic mass is 16.5. The lowest BCUT2D eigenvalue weighted by Crippen LogP contribution is -2.11. The molecule has 88 valence electrons. The van der Waals surface area contributed by atoms with Gasteiger partial charge < -0.3 is 4.74 Å². The first kappa shape index (κ1) is 10.7. The molecule has 0 saturated heterocycles. The fraction of sp³-hybridized carbons (Fsp3) is 0.0714. The van der Waals surface area contributed by atoms with E-state index in [4.69, 9.17) is 4.74 Å². The minimum atomic E-state index is -0.823. The second kappa shape index (κ2) is 4.41.